The van der Waals surface area contributed by atoms with Gasteiger partial charge in [-0.2, -0.15) is 0 Å². The van der Waals surface area contributed by atoms with E-state index in [0.29, 0.717) is 12.6 Å². The van der Waals surface area contributed by atoms with Gasteiger partial charge in [-0.3, -0.25) is 9.79 Å². The van der Waals surface area contributed by atoms with Gasteiger partial charge < -0.3 is 15.5 Å². The van der Waals surface area contributed by atoms with Crippen LogP contribution in [0.25, 0.3) is 0 Å². The van der Waals surface area contributed by atoms with Crippen molar-refractivity contribution in [3.05, 3.63) is 35.4 Å². The van der Waals surface area contributed by atoms with Gasteiger partial charge in [0, 0.05) is 38.3 Å². The zero-order chi connectivity index (χ0) is 15.9. The third-order valence-electron chi connectivity index (χ3n) is 3.85. The van der Waals surface area contributed by atoms with Gasteiger partial charge >= 0.3 is 0 Å². The highest BCUT2D eigenvalue weighted by Gasteiger charge is 2.22. The highest BCUT2D eigenvalue weighted by Crippen LogP contribution is 2.18. The molecule has 1 aliphatic rings. The van der Waals surface area contributed by atoms with E-state index in [4.69, 9.17) is 0 Å². The molecule has 1 saturated carbocycles. The molecule has 6 heteroatoms. The average molecular weight is 430 g/mol. The number of nitrogens with zero attached hydrogens (tertiary/aromatic N) is 2. The van der Waals surface area contributed by atoms with Gasteiger partial charge in [0.15, 0.2) is 5.96 Å². The second-order valence-electron chi connectivity index (χ2n) is 5.52. The van der Waals surface area contributed by atoms with E-state index >= 15 is 0 Å². The standard InChI is InChI=1S/C17H26N4O.HI/c1-4-21(5-2)16(22)14-8-6-13(7-9-14)12-19-17(18-3)20-15-10-11-15;/h6-9,15H,4-5,10-12H2,1-3H3,(H2,18,19,20);1H. The van der Waals surface area contributed by atoms with E-state index in [1.54, 1.807) is 7.05 Å². The minimum Gasteiger partial charge on any atom is -0.354 e. The number of hydrogen-bond donors (Lipinski definition) is 2. The van der Waals surface area contributed by atoms with Crippen molar-refractivity contribution < 1.29 is 4.79 Å². The fourth-order valence-corrected chi connectivity index (χ4v) is 2.26. The van der Waals surface area contributed by atoms with Crippen LogP contribution in [-0.4, -0.2) is 42.9 Å². The lowest BCUT2D eigenvalue weighted by Crippen LogP contribution is -2.38. The van der Waals surface area contributed by atoms with Gasteiger partial charge in [-0.1, -0.05) is 12.1 Å². The smallest absolute Gasteiger partial charge is 0.253 e. The normalized spacial score (nSPS) is 14.0. The van der Waals surface area contributed by atoms with Crippen molar-refractivity contribution >= 4 is 35.8 Å². The SMILES string of the molecule is CCN(CC)C(=O)c1ccc(CNC(=NC)NC2CC2)cc1.I. The highest BCUT2D eigenvalue weighted by atomic mass is 127. The summed E-state index contributed by atoms with van der Waals surface area (Å²) in [5, 5.41) is 6.64. The van der Waals surface area contributed by atoms with Crippen molar-refractivity contribution in [2.45, 2.75) is 39.3 Å². The van der Waals surface area contributed by atoms with Crippen molar-refractivity contribution in [3.63, 3.8) is 0 Å². The molecule has 5 nitrogen and oxygen atoms in total. The number of aliphatic imine (C=N–C) groups is 1. The fourth-order valence-electron chi connectivity index (χ4n) is 2.26. The van der Waals surface area contributed by atoms with Gasteiger partial charge in [-0.25, -0.2) is 0 Å². The maximum atomic E-state index is 12.2. The molecule has 0 radical (unpaired) electrons. The van der Waals surface area contributed by atoms with Gasteiger partial charge in [0.1, 0.15) is 0 Å². The molecule has 1 aromatic rings. The second kappa shape index (κ2) is 9.75. The van der Waals surface area contributed by atoms with Crippen molar-refractivity contribution in [1.29, 1.82) is 0 Å². The molecule has 2 rings (SSSR count). The first-order chi connectivity index (χ1) is 10.7. The predicted octanol–water partition coefficient (Wildman–Crippen LogP) is 2.61. The van der Waals surface area contributed by atoms with Gasteiger partial charge in [-0.15, -0.1) is 24.0 Å². The molecule has 1 amide bonds. The number of carbonyl (C=O) groups is 1. The van der Waals surface area contributed by atoms with E-state index in [1.807, 2.05) is 43.0 Å². The van der Waals surface area contributed by atoms with Gasteiger partial charge in [0.25, 0.3) is 5.91 Å². The summed E-state index contributed by atoms with van der Waals surface area (Å²) >= 11 is 0. The molecule has 1 fully saturated rings. The van der Waals surface area contributed by atoms with Crippen LogP contribution in [0.1, 0.15) is 42.6 Å². The van der Waals surface area contributed by atoms with Crippen molar-refractivity contribution in [2.24, 2.45) is 4.99 Å². The molecule has 23 heavy (non-hydrogen) atoms. The van der Waals surface area contributed by atoms with Crippen molar-refractivity contribution in [2.75, 3.05) is 20.1 Å². The Kier molecular flexibility index (Phi) is 8.36. The molecule has 0 bridgehead atoms. The number of halogens is 1. The Balaban J connectivity index is 0.00000264. The maximum absolute atomic E-state index is 12.2. The van der Waals surface area contributed by atoms with E-state index in [0.717, 1.165) is 30.2 Å². The van der Waals surface area contributed by atoms with Crippen LogP contribution in [0.3, 0.4) is 0 Å². The molecule has 0 saturated heterocycles. The lowest BCUT2D eigenvalue weighted by atomic mass is 10.1. The molecule has 0 aromatic heterocycles. The van der Waals surface area contributed by atoms with Crippen LogP contribution in [0.5, 0.6) is 0 Å². The van der Waals surface area contributed by atoms with Gasteiger partial charge in [-0.05, 0) is 44.4 Å². The Labute approximate surface area is 156 Å². The van der Waals surface area contributed by atoms with Crippen molar-refractivity contribution in [3.8, 4) is 0 Å². The number of guanidine groups is 1. The first-order valence-electron chi connectivity index (χ1n) is 8.03. The zero-order valence-corrected chi connectivity index (χ0v) is 16.5. The third-order valence-corrected chi connectivity index (χ3v) is 3.85. The molecule has 1 aromatic carbocycles. The Bertz CT molecular complexity index is 522. The number of carbonyl (C=O) groups excluding carboxylic acids is 1. The van der Waals surface area contributed by atoms with Crippen LogP contribution in [0.2, 0.25) is 0 Å². The Morgan fingerprint density at radius 3 is 2.30 bits per heavy atom. The van der Waals surface area contributed by atoms with Crippen LogP contribution in [0.15, 0.2) is 29.3 Å². The van der Waals surface area contributed by atoms with Gasteiger partial charge in [0.2, 0.25) is 0 Å². The molecule has 1 aliphatic carbocycles. The molecule has 0 aliphatic heterocycles. The summed E-state index contributed by atoms with van der Waals surface area (Å²) < 4.78 is 0. The number of nitrogens with one attached hydrogen (secondary N) is 2. The summed E-state index contributed by atoms with van der Waals surface area (Å²) in [5.74, 6) is 0.932. The van der Waals surface area contributed by atoms with Gasteiger partial charge in [0.05, 0.1) is 0 Å². The summed E-state index contributed by atoms with van der Waals surface area (Å²) in [6.45, 7) is 6.17. The number of amides is 1. The van der Waals surface area contributed by atoms with Crippen molar-refractivity contribution in [1.82, 2.24) is 15.5 Å². The largest absolute Gasteiger partial charge is 0.354 e. The van der Waals surface area contributed by atoms with E-state index in [2.05, 4.69) is 15.6 Å². The first-order valence-corrected chi connectivity index (χ1v) is 8.03. The fraction of sp³-hybridized carbons (Fsp3) is 0.529. The minimum absolute atomic E-state index is 0. The second-order valence-corrected chi connectivity index (χ2v) is 5.52. The Morgan fingerprint density at radius 1 is 1.22 bits per heavy atom. The topological polar surface area (TPSA) is 56.7 Å². The molecule has 0 heterocycles. The van der Waals surface area contributed by atoms with E-state index < -0.39 is 0 Å². The summed E-state index contributed by atoms with van der Waals surface area (Å²) in [7, 11) is 1.78. The molecule has 2 N–H and O–H groups in total. The molecular weight excluding hydrogens is 403 g/mol. The number of hydrogen-bond acceptors (Lipinski definition) is 2. The zero-order valence-electron chi connectivity index (χ0n) is 14.1. The van der Waals surface area contributed by atoms with Crippen LogP contribution < -0.4 is 10.6 Å². The molecular formula is C17H27IN4O. The Hall–Kier alpha value is -1.31. The highest BCUT2D eigenvalue weighted by molar-refractivity contribution is 14.0. The monoisotopic (exact) mass is 430 g/mol. The average Bonchev–Trinajstić information content (AvgIpc) is 3.37. The lowest BCUT2D eigenvalue weighted by Gasteiger charge is -2.18. The summed E-state index contributed by atoms with van der Waals surface area (Å²) in [5.41, 5.74) is 1.88. The first kappa shape index (κ1) is 19.7. The quantitative estimate of drug-likeness (QED) is 0.415. The molecule has 0 atom stereocenters. The Morgan fingerprint density at radius 2 is 1.83 bits per heavy atom. The molecule has 0 spiro atoms. The van der Waals surface area contributed by atoms with E-state index in [9.17, 15) is 4.79 Å². The molecule has 128 valence electrons. The lowest BCUT2D eigenvalue weighted by molar-refractivity contribution is 0.0773. The predicted molar refractivity (Wildman–Crippen MR) is 105 cm³/mol. The summed E-state index contributed by atoms with van der Waals surface area (Å²) in [6, 6.07) is 8.37. The van der Waals surface area contributed by atoms with Crippen LogP contribution >= 0.6 is 24.0 Å². The summed E-state index contributed by atoms with van der Waals surface area (Å²) in [6.07, 6.45) is 2.45. The van der Waals surface area contributed by atoms with Crippen LogP contribution in [0, 0.1) is 0 Å². The number of rotatable bonds is 6. The van der Waals surface area contributed by atoms with Crippen LogP contribution in [-0.2, 0) is 6.54 Å². The third kappa shape index (κ3) is 6.01. The van der Waals surface area contributed by atoms with E-state index in [1.165, 1.54) is 12.8 Å². The maximum Gasteiger partial charge on any atom is 0.253 e. The minimum atomic E-state index is 0. The van der Waals surface area contributed by atoms with E-state index in [-0.39, 0.29) is 29.9 Å². The summed E-state index contributed by atoms with van der Waals surface area (Å²) in [4.78, 5) is 18.3. The molecule has 0 unspecified atom stereocenters. The number of benzene rings is 1. The van der Waals surface area contributed by atoms with Crippen LogP contribution in [0.4, 0.5) is 0 Å².